The maximum absolute atomic E-state index is 13.8. The molecule has 5 atom stereocenters. The average Bonchev–Trinajstić information content (AvgIpc) is 3.69. The summed E-state index contributed by atoms with van der Waals surface area (Å²) in [6.45, 7) is 0.325. The highest BCUT2D eigenvalue weighted by Crippen LogP contribution is 2.32. The van der Waals surface area contributed by atoms with Gasteiger partial charge in [0.1, 0.15) is 43.0 Å². The molecule has 0 aliphatic carbocycles. The molecule has 3 heterocycles. The summed E-state index contributed by atoms with van der Waals surface area (Å²) in [5, 5.41) is 26.4. The fourth-order valence-corrected chi connectivity index (χ4v) is 5.41. The van der Waals surface area contributed by atoms with Crippen LogP contribution in [0.15, 0.2) is 97.6 Å². The Morgan fingerprint density at radius 1 is 0.898 bits per heavy atom. The van der Waals surface area contributed by atoms with E-state index in [0.717, 1.165) is 11.1 Å². The first-order valence-electron chi connectivity index (χ1n) is 15.3. The number of alkyl carbamates (subject to hydrolysis) is 1. The van der Waals surface area contributed by atoms with Crippen LogP contribution in [-0.4, -0.2) is 72.0 Å². The predicted molar refractivity (Wildman–Crippen MR) is 174 cm³/mol. The van der Waals surface area contributed by atoms with Gasteiger partial charge < -0.3 is 40.8 Å². The number of benzene rings is 3. The maximum atomic E-state index is 13.8. The second kappa shape index (κ2) is 14.8. The van der Waals surface area contributed by atoms with E-state index in [2.05, 4.69) is 25.6 Å². The maximum Gasteiger partial charge on any atom is 0.408 e. The van der Waals surface area contributed by atoms with E-state index in [1.54, 1.807) is 48.5 Å². The number of rotatable bonds is 12. The number of carboxylic acids is 1. The third-order valence-corrected chi connectivity index (χ3v) is 7.92. The zero-order valence-electron chi connectivity index (χ0n) is 26.0. The number of nitrogens with one attached hydrogen (secondary N) is 2. The molecule has 15 heteroatoms. The normalized spacial score (nSPS) is 19.2. The molecule has 2 aromatic heterocycles. The van der Waals surface area contributed by atoms with Crippen LogP contribution in [0.25, 0.3) is 11.2 Å². The van der Waals surface area contributed by atoms with Gasteiger partial charge in [0.2, 0.25) is 5.91 Å². The van der Waals surface area contributed by atoms with Crippen molar-refractivity contribution in [2.45, 2.75) is 50.2 Å². The molecule has 6 rings (SSSR count). The quantitative estimate of drug-likeness (QED) is 0.130. The molecule has 6 N–H and O–H groups in total. The number of carbonyl (C=O) groups is 3. The molecule has 1 fully saturated rings. The number of hydrogen-bond donors (Lipinski definition) is 5. The Balaban J connectivity index is 1.18. The number of carbonyl (C=O) groups excluding carboxylic acids is 2. The van der Waals surface area contributed by atoms with E-state index in [0.29, 0.717) is 17.9 Å². The predicted octanol–water partition coefficient (Wildman–Crippen LogP) is 2.35. The number of nitrogen functional groups attached to an aromatic ring is 1. The number of ether oxygens (including phenoxy) is 3. The first kappa shape index (κ1) is 32.9. The van der Waals surface area contributed by atoms with Crippen molar-refractivity contribution in [2.75, 3.05) is 5.73 Å². The van der Waals surface area contributed by atoms with Crippen molar-refractivity contribution in [3.05, 3.63) is 114 Å². The summed E-state index contributed by atoms with van der Waals surface area (Å²) in [4.78, 5) is 51.1. The molecule has 1 aliphatic heterocycles. The van der Waals surface area contributed by atoms with E-state index in [9.17, 15) is 24.6 Å². The number of aliphatic carboxylic acids is 1. The Hall–Kier alpha value is -6.06. The van der Waals surface area contributed by atoms with E-state index in [1.807, 2.05) is 36.4 Å². The molecule has 0 radical (unpaired) electrons. The Morgan fingerprint density at radius 3 is 2.24 bits per heavy atom. The van der Waals surface area contributed by atoms with E-state index < -0.39 is 48.5 Å². The second-order valence-electron chi connectivity index (χ2n) is 11.3. The summed E-state index contributed by atoms with van der Waals surface area (Å²) in [6, 6.07) is 23.0. The summed E-state index contributed by atoms with van der Waals surface area (Å²) in [7, 11) is 0. The van der Waals surface area contributed by atoms with Crippen molar-refractivity contribution in [2.24, 2.45) is 0 Å². The molecule has 252 valence electrons. The highest BCUT2D eigenvalue weighted by atomic mass is 16.6. The minimum atomic E-state index is -1.66. The molecule has 1 aliphatic rings. The van der Waals surface area contributed by atoms with E-state index in [1.165, 1.54) is 17.2 Å². The lowest BCUT2D eigenvalue weighted by Crippen LogP contribution is -2.56. The number of nitrogens with zero attached hydrogens (tertiary/aromatic N) is 4. The van der Waals surface area contributed by atoms with Gasteiger partial charge in [-0.05, 0) is 28.8 Å². The van der Waals surface area contributed by atoms with E-state index >= 15 is 0 Å². The lowest BCUT2D eigenvalue weighted by Gasteiger charge is -2.24. The van der Waals surface area contributed by atoms with Gasteiger partial charge in [-0.2, -0.15) is 0 Å². The van der Waals surface area contributed by atoms with Crippen LogP contribution in [0.2, 0.25) is 0 Å². The molecule has 0 unspecified atom stereocenters. The van der Waals surface area contributed by atoms with Crippen LogP contribution in [0.5, 0.6) is 5.75 Å². The number of aromatic nitrogens is 4. The molecular formula is C34H33N7O8. The molecule has 0 saturated carbocycles. The van der Waals surface area contributed by atoms with Crippen LogP contribution in [0.3, 0.4) is 0 Å². The van der Waals surface area contributed by atoms with Crippen LogP contribution in [0.1, 0.15) is 22.9 Å². The zero-order chi connectivity index (χ0) is 34.3. The summed E-state index contributed by atoms with van der Waals surface area (Å²) < 4.78 is 18.2. The van der Waals surface area contributed by atoms with Crippen LogP contribution in [0.4, 0.5) is 10.6 Å². The number of fused-ring (bicyclic) bond motifs is 1. The first-order valence-corrected chi connectivity index (χ1v) is 15.3. The van der Waals surface area contributed by atoms with Gasteiger partial charge in [0, 0.05) is 6.42 Å². The average molecular weight is 668 g/mol. The van der Waals surface area contributed by atoms with Gasteiger partial charge in [0.05, 0.1) is 12.4 Å². The van der Waals surface area contributed by atoms with Crippen molar-refractivity contribution in [1.82, 2.24) is 30.2 Å². The summed E-state index contributed by atoms with van der Waals surface area (Å²) in [5.74, 6) is -1.52. The minimum absolute atomic E-state index is 0.00156. The Morgan fingerprint density at radius 2 is 1.57 bits per heavy atom. The summed E-state index contributed by atoms with van der Waals surface area (Å²) in [6.07, 6.45) is -2.91. The molecular weight excluding hydrogens is 634 g/mol. The highest BCUT2D eigenvalue weighted by Gasteiger charge is 2.50. The van der Waals surface area contributed by atoms with Crippen molar-refractivity contribution in [3.63, 3.8) is 0 Å². The largest absolute Gasteiger partial charge is 0.489 e. The summed E-state index contributed by atoms with van der Waals surface area (Å²) >= 11 is 0. The van der Waals surface area contributed by atoms with Gasteiger partial charge >= 0.3 is 12.1 Å². The Kier molecular flexibility index (Phi) is 9.92. The van der Waals surface area contributed by atoms with Crippen LogP contribution in [0, 0.1) is 0 Å². The molecule has 49 heavy (non-hydrogen) atoms. The number of anilines is 1. The highest BCUT2D eigenvalue weighted by molar-refractivity contribution is 5.87. The number of aliphatic hydroxyl groups is 1. The zero-order valence-corrected chi connectivity index (χ0v) is 26.0. The third-order valence-electron chi connectivity index (χ3n) is 7.92. The summed E-state index contributed by atoms with van der Waals surface area (Å²) in [5.41, 5.74) is 8.71. The fraction of sp³-hybridized carbons (Fsp3) is 0.235. The molecule has 5 aromatic rings. The molecule has 2 amide bonds. The van der Waals surface area contributed by atoms with Crippen molar-refractivity contribution in [3.8, 4) is 5.75 Å². The smallest absolute Gasteiger partial charge is 0.408 e. The van der Waals surface area contributed by atoms with Crippen molar-refractivity contribution >= 4 is 35.0 Å². The topological polar surface area (TPSA) is 213 Å². The van der Waals surface area contributed by atoms with Crippen molar-refractivity contribution in [1.29, 1.82) is 0 Å². The van der Waals surface area contributed by atoms with E-state index in [4.69, 9.17) is 19.9 Å². The fourth-order valence-electron chi connectivity index (χ4n) is 5.41. The minimum Gasteiger partial charge on any atom is -0.489 e. The van der Waals surface area contributed by atoms with Crippen LogP contribution in [-0.2, 0) is 38.7 Å². The number of hydrogen-bond acceptors (Lipinski definition) is 11. The second-order valence-corrected chi connectivity index (χ2v) is 11.3. The van der Waals surface area contributed by atoms with Crippen LogP contribution < -0.4 is 21.1 Å². The number of imidazole rings is 1. The number of aliphatic hydroxyl groups excluding tert-OH is 1. The molecule has 15 nitrogen and oxygen atoms in total. The number of nitrogens with two attached hydrogens (primary N) is 1. The Bertz CT molecular complexity index is 1910. The monoisotopic (exact) mass is 667 g/mol. The first-order chi connectivity index (χ1) is 23.8. The SMILES string of the molecule is Nc1ncnc2c1ncn2[C@@H]1O[C@H](C(=O)O)[C@@H](NC(=O)[C@H](Cc2ccc(OCc3ccccc3)cc2)NC(=O)OCc2ccccc2)[C@H]1O. The Labute approximate surface area is 279 Å². The van der Waals surface area contributed by atoms with Gasteiger partial charge in [-0.1, -0.05) is 72.8 Å². The van der Waals surface area contributed by atoms with Gasteiger partial charge in [-0.3, -0.25) is 9.36 Å². The van der Waals surface area contributed by atoms with Gasteiger partial charge in [-0.15, -0.1) is 0 Å². The standard InChI is InChI=1S/C34H33N7O8/c35-29-26-30(37-18-36-29)41(19-38-26)32-27(42)25(28(49-32)33(44)45)40-31(43)24(39-34(46)48-17-22-9-5-2-6-10-22)15-20-11-13-23(14-12-20)47-16-21-7-3-1-4-8-21/h1-14,18-19,24-25,27-28,32,42H,15-17H2,(H,39,46)(H,40,43)(H,44,45)(H2,35,36,37)/t24-,25-,27+,28-,32+/m0/s1. The van der Waals surface area contributed by atoms with Gasteiger partial charge in [-0.25, -0.2) is 24.5 Å². The molecule has 0 spiro atoms. The third kappa shape index (κ3) is 7.75. The molecule has 0 bridgehead atoms. The number of amides is 2. The molecule has 1 saturated heterocycles. The van der Waals surface area contributed by atoms with Gasteiger partial charge in [0.25, 0.3) is 0 Å². The number of carboxylic acid groups (broad SMARTS) is 1. The van der Waals surface area contributed by atoms with Gasteiger partial charge in [0.15, 0.2) is 23.8 Å². The lowest BCUT2D eigenvalue weighted by molar-refractivity contribution is -0.152. The van der Waals surface area contributed by atoms with Crippen LogP contribution >= 0.6 is 0 Å². The lowest BCUT2D eigenvalue weighted by atomic mass is 10.0. The molecule has 3 aromatic carbocycles. The van der Waals surface area contributed by atoms with Crippen molar-refractivity contribution < 1.29 is 38.8 Å². The van der Waals surface area contributed by atoms with E-state index in [-0.39, 0.29) is 30.0 Å².